The van der Waals surface area contributed by atoms with Crippen LogP contribution < -0.4 is 0 Å². The standard InChI is InChI=1S/C7H11NS.C7H15N.C6H7ClN2.C6H14N2.C6H8N2.C5H8N2S.C5H11NO.C5H7NS.C5H11NS.C4H6N2S/c1-3-4-8-5-6-9-7(8)2;1-8-6-4-2-3-5-7-8;1-5-3-4-6(7)8-9(5)2;1-7-3-5-8(2)6-4-7;1-6-7-4-3-5-8(6)2;1-5-7(2)6-3-4-8-5;1-6-2-4-7-5-3-6;1-5-6(2)3-4-7-5;1-6-2-4-7-5-3-6;1-4-6(2)5-3-7-4/h5-6H,2-4H2,1H3;2-7H2,1H3;3-4H,1H2,2H3;3-6H2,1-2H3;3-5H,1H2,2H3;3H,1,4H2,2H3;2-5H2,1H3;3-4H,1H2,2H3;2-5H2,1H3;3H,1H2,2H3. The Morgan fingerprint density at radius 2 is 1.12 bits per heavy atom. The number of hydrogen-bond acceptors (Lipinski definition) is 21. The molecule has 0 aliphatic carbocycles. The fraction of sp³-hybridized carbons (Fsp3) is 0.571. The van der Waals surface area contributed by atoms with Gasteiger partial charge in [-0.05, 0) is 96.6 Å². The molecule has 78 heavy (non-hydrogen) atoms. The van der Waals surface area contributed by atoms with E-state index in [4.69, 9.17) is 16.3 Å². The van der Waals surface area contributed by atoms with Gasteiger partial charge in [-0.15, -0.1) is 11.8 Å². The smallest absolute Gasteiger partial charge is 0.149 e. The van der Waals surface area contributed by atoms with Crippen LogP contribution >= 0.6 is 70.4 Å². The van der Waals surface area contributed by atoms with Crippen LogP contribution in [0.4, 0.5) is 0 Å². The summed E-state index contributed by atoms with van der Waals surface area (Å²) in [5.74, 6) is 4.41. The average Bonchev–Trinajstić information content (AvgIpc) is 4.08. The molecule has 22 heteroatoms. The van der Waals surface area contributed by atoms with E-state index in [1.165, 1.54) is 96.0 Å². The maximum atomic E-state index is 5.56. The molecule has 0 aromatic carbocycles. The summed E-state index contributed by atoms with van der Waals surface area (Å²) in [7, 11) is 20.3. The van der Waals surface area contributed by atoms with Gasteiger partial charge in [-0.2, -0.15) is 27.1 Å². The zero-order chi connectivity index (χ0) is 58.1. The number of thioether (sulfide) groups is 5. The fourth-order valence-electron chi connectivity index (χ4n) is 6.31. The summed E-state index contributed by atoms with van der Waals surface area (Å²) >= 11 is 14.2. The molecule has 0 bridgehead atoms. The number of hydrogen-bond donors (Lipinski definition) is 0. The lowest BCUT2D eigenvalue weighted by atomic mass is 10.2. The molecule has 0 spiro atoms. The molecule has 0 aromatic rings. The van der Waals surface area contributed by atoms with E-state index in [2.05, 4.69) is 155 Å². The molecule has 0 saturated carbocycles. The first-order chi connectivity index (χ1) is 37.2. The van der Waals surface area contributed by atoms with Gasteiger partial charge in [0.15, 0.2) is 0 Å². The Bertz CT molecular complexity index is 1930. The SMILES string of the molecule is C=C1C=CC(Cl)=NN1C.C=C1N=CC=CN1C.C=C1SC=CN1C.C=C1SC=CN1CCC.C=C1SC=NN1C.C=C1SCC=NN1C.CN1CCCCCC1.CN1CCN(C)CC1.CN1CCOCC1.CN1CCSCC1. The van der Waals surface area contributed by atoms with Gasteiger partial charge in [0.1, 0.15) is 11.0 Å². The summed E-state index contributed by atoms with van der Waals surface area (Å²) in [6.07, 6.45) is 21.9. The molecule has 0 aromatic heterocycles. The van der Waals surface area contributed by atoms with Gasteiger partial charge in [0.25, 0.3) is 0 Å². The molecule has 10 heterocycles. The Morgan fingerprint density at radius 3 is 1.45 bits per heavy atom. The summed E-state index contributed by atoms with van der Waals surface area (Å²) in [6, 6.07) is 0. The third kappa shape index (κ3) is 37.6. The lowest BCUT2D eigenvalue weighted by Gasteiger charge is -2.28. The zero-order valence-corrected chi connectivity index (χ0v) is 54.3. The van der Waals surface area contributed by atoms with Crippen molar-refractivity contribution in [1.29, 1.82) is 0 Å². The van der Waals surface area contributed by atoms with Crippen LogP contribution in [0.3, 0.4) is 0 Å². The maximum Gasteiger partial charge on any atom is 0.149 e. The van der Waals surface area contributed by atoms with Gasteiger partial charge in [-0.3, -0.25) is 15.0 Å². The predicted molar refractivity (Wildman–Crippen MR) is 355 cm³/mol. The van der Waals surface area contributed by atoms with E-state index in [1.807, 2.05) is 74.2 Å². The van der Waals surface area contributed by atoms with E-state index < -0.39 is 0 Å². The van der Waals surface area contributed by atoms with Crippen molar-refractivity contribution in [2.75, 3.05) is 173 Å². The minimum absolute atomic E-state index is 0.491. The molecular weight excluding hydrogens is 1090 g/mol. The quantitative estimate of drug-likeness (QED) is 0.262. The highest BCUT2D eigenvalue weighted by Gasteiger charge is 2.10. The van der Waals surface area contributed by atoms with Crippen molar-refractivity contribution in [2.45, 2.75) is 39.0 Å². The van der Waals surface area contributed by atoms with Crippen LogP contribution in [0, 0.1) is 0 Å². The van der Waals surface area contributed by atoms with Gasteiger partial charge in [-0.25, -0.2) is 4.99 Å². The molecule has 4 fully saturated rings. The second-order valence-corrected chi connectivity index (χ2v) is 24.3. The molecule has 0 radical (unpaired) electrons. The first kappa shape index (κ1) is 72.7. The van der Waals surface area contributed by atoms with E-state index in [0.29, 0.717) is 5.17 Å². The molecule has 0 amide bonds. The summed E-state index contributed by atoms with van der Waals surface area (Å²) in [5.41, 5.74) is 2.61. The number of ether oxygens (including phenoxy) is 1. The largest absolute Gasteiger partial charge is 0.379 e. The second-order valence-electron chi connectivity index (χ2n) is 18.8. The molecule has 0 atom stereocenters. The zero-order valence-electron chi connectivity index (χ0n) is 49.5. The molecule has 4 saturated heterocycles. The molecule has 10 rings (SSSR count). The Kier molecular flexibility index (Phi) is 42.2. The van der Waals surface area contributed by atoms with Crippen LogP contribution in [0.1, 0.15) is 39.0 Å². The minimum atomic E-state index is 0.491. The Hall–Kier alpha value is -3.32. The number of likely N-dealkylation sites (N-methyl/N-ethyl adjacent to an activating group) is 4. The monoisotopic (exact) mass is 1190 g/mol. The van der Waals surface area contributed by atoms with E-state index in [0.717, 1.165) is 70.2 Å². The molecule has 440 valence electrons. The third-order valence-electron chi connectivity index (χ3n) is 11.9. The molecule has 0 unspecified atom stereocenters. The van der Waals surface area contributed by atoms with E-state index in [-0.39, 0.29) is 0 Å². The number of nitrogens with zero attached hydrogens (tertiary/aromatic N) is 15. The number of rotatable bonds is 2. The first-order valence-electron chi connectivity index (χ1n) is 26.5. The maximum absolute atomic E-state index is 5.56. The second kappa shape index (κ2) is 45.3. The number of aliphatic imine (C=N–C) groups is 1. The van der Waals surface area contributed by atoms with Crippen molar-refractivity contribution in [3.8, 4) is 0 Å². The number of allylic oxidation sites excluding steroid dienone is 3. The molecule has 10 aliphatic rings. The minimum Gasteiger partial charge on any atom is -0.379 e. The van der Waals surface area contributed by atoms with Crippen molar-refractivity contribution in [3.05, 3.63) is 119 Å². The average molecular weight is 1190 g/mol. The van der Waals surface area contributed by atoms with Gasteiger partial charge >= 0.3 is 0 Å². The van der Waals surface area contributed by atoms with Crippen molar-refractivity contribution in [3.63, 3.8) is 0 Å². The summed E-state index contributed by atoms with van der Waals surface area (Å²) < 4.78 is 5.10. The number of morpholine rings is 1. The molecule has 10 aliphatic heterocycles. The van der Waals surface area contributed by atoms with Gasteiger partial charge in [0, 0.05) is 142 Å². The van der Waals surface area contributed by atoms with Crippen LogP contribution in [0.2, 0.25) is 0 Å². The highest BCUT2D eigenvalue weighted by atomic mass is 35.5. The van der Waals surface area contributed by atoms with E-state index in [1.54, 1.807) is 87.0 Å². The lowest BCUT2D eigenvalue weighted by Crippen LogP contribution is -2.42. The van der Waals surface area contributed by atoms with Crippen LogP contribution in [-0.4, -0.2) is 250 Å². The first-order valence-corrected chi connectivity index (χ1v) is 31.7. The number of hydrazone groups is 3. The van der Waals surface area contributed by atoms with Crippen molar-refractivity contribution >= 4 is 93.6 Å². The Balaban J connectivity index is 0.000000434. The Labute approximate surface area is 500 Å². The fourth-order valence-corrected chi connectivity index (χ4v) is 9.93. The van der Waals surface area contributed by atoms with Gasteiger partial charge < -0.3 is 43.9 Å². The normalized spacial score (nSPS) is 21.2. The summed E-state index contributed by atoms with van der Waals surface area (Å²) in [6.45, 7) is 39.9. The highest BCUT2D eigenvalue weighted by Crippen LogP contribution is 2.27. The van der Waals surface area contributed by atoms with Crippen molar-refractivity contribution in [2.24, 2.45) is 20.3 Å². The van der Waals surface area contributed by atoms with Gasteiger partial charge in [-0.1, -0.05) is 106 Å². The van der Waals surface area contributed by atoms with Crippen LogP contribution in [0.25, 0.3) is 0 Å². The van der Waals surface area contributed by atoms with Gasteiger partial charge in [0.2, 0.25) is 0 Å². The van der Waals surface area contributed by atoms with Crippen molar-refractivity contribution < 1.29 is 4.74 Å². The van der Waals surface area contributed by atoms with Crippen LogP contribution in [0.15, 0.2) is 139 Å². The predicted octanol–water partition coefficient (Wildman–Crippen LogP) is 10.7. The number of likely N-dealkylation sites (tertiary alicyclic amines) is 1. The number of piperazine rings is 1. The third-order valence-corrected chi connectivity index (χ3v) is 16.3. The summed E-state index contributed by atoms with van der Waals surface area (Å²) in [4.78, 5) is 21.7. The topological polar surface area (TPSA) is 94.3 Å². The molecular formula is C56H98ClN15OS5. The van der Waals surface area contributed by atoms with Gasteiger partial charge in [0.05, 0.1) is 44.6 Å². The lowest BCUT2D eigenvalue weighted by molar-refractivity contribution is 0.0503. The van der Waals surface area contributed by atoms with E-state index in [9.17, 15) is 0 Å². The molecule has 0 N–H and O–H groups in total. The van der Waals surface area contributed by atoms with E-state index >= 15 is 0 Å². The van der Waals surface area contributed by atoms with Crippen LogP contribution in [-0.2, 0) is 4.74 Å². The Morgan fingerprint density at radius 1 is 0.564 bits per heavy atom. The number of halogens is 1. The summed E-state index contributed by atoms with van der Waals surface area (Å²) in [5, 5.41) is 25.7. The molecule has 16 nitrogen and oxygen atoms in total. The van der Waals surface area contributed by atoms with Crippen molar-refractivity contribution in [1.82, 2.24) is 54.2 Å². The highest BCUT2D eigenvalue weighted by molar-refractivity contribution is 8.15. The van der Waals surface area contributed by atoms with Crippen LogP contribution in [0.5, 0.6) is 0 Å².